The number of piperazine rings is 1. The van der Waals surface area contributed by atoms with Gasteiger partial charge in [-0.2, -0.15) is 0 Å². The van der Waals surface area contributed by atoms with E-state index in [1.807, 2.05) is 19.1 Å². The van der Waals surface area contributed by atoms with Gasteiger partial charge in [0.1, 0.15) is 0 Å². The monoisotopic (exact) mass is 234 g/mol. The number of nitrogens with zero attached hydrogens (tertiary/aromatic N) is 2. The van der Waals surface area contributed by atoms with E-state index in [2.05, 4.69) is 15.2 Å². The van der Waals surface area contributed by atoms with Crippen LogP contribution in [0.4, 0.5) is 0 Å². The standard InChI is InChI=1S/C12H18N4O/c1-9-12(17)15-4-5-16(9)8-10-2-3-14-11(6-10)7-13/h2-3,6,9H,4-5,7-8,13H2,1H3,(H,15,17). The maximum absolute atomic E-state index is 11.5. The zero-order valence-electron chi connectivity index (χ0n) is 10.0. The molecule has 5 heteroatoms. The molecule has 1 amide bonds. The molecule has 0 spiro atoms. The third-order valence-corrected chi connectivity index (χ3v) is 3.10. The first-order chi connectivity index (χ1) is 8.20. The lowest BCUT2D eigenvalue weighted by atomic mass is 10.1. The summed E-state index contributed by atoms with van der Waals surface area (Å²) in [5.74, 6) is 0.101. The van der Waals surface area contributed by atoms with Gasteiger partial charge in [-0.1, -0.05) is 0 Å². The molecule has 0 aliphatic carbocycles. The number of carbonyl (C=O) groups is 1. The van der Waals surface area contributed by atoms with Crippen LogP contribution >= 0.6 is 0 Å². The zero-order valence-corrected chi connectivity index (χ0v) is 10.0. The molecule has 1 unspecified atom stereocenters. The summed E-state index contributed by atoms with van der Waals surface area (Å²) in [6, 6.07) is 3.90. The molecule has 2 heterocycles. The van der Waals surface area contributed by atoms with Crippen LogP contribution in [-0.2, 0) is 17.9 Å². The van der Waals surface area contributed by atoms with Gasteiger partial charge in [0.15, 0.2) is 0 Å². The Hall–Kier alpha value is -1.46. The number of aromatic nitrogens is 1. The maximum atomic E-state index is 11.5. The van der Waals surface area contributed by atoms with Crippen molar-refractivity contribution in [3.8, 4) is 0 Å². The van der Waals surface area contributed by atoms with Crippen molar-refractivity contribution in [1.29, 1.82) is 0 Å². The van der Waals surface area contributed by atoms with E-state index in [1.54, 1.807) is 6.20 Å². The lowest BCUT2D eigenvalue weighted by Crippen LogP contribution is -2.53. The summed E-state index contributed by atoms with van der Waals surface area (Å²) >= 11 is 0. The quantitative estimate of drug-likeness (QED) is 0.763. The molecule has 0 saturated carbocycles. The van der Waals surface area contributed by atoms with Crippen molar-refractivity contribution in [2.75, 3.05) is 13.1 Å². The number of hydrogen-bond donors (Lipinski definition) is 2. The number of pyridine rings is 1. The number of carbonyl (C=O) groups excluding carboxylic acids is 1. The van der Waals surface area contributed by atoms with Crippen molar-refractivity contribution in [3.05, 3.63) is 29.6 Å². The fourth-order valence-electron chi connectivity index (χ4n) is 2.02. The predicted octanol–water partition coefficient (Wildman–Crippen LogP) is -0.139. The molecule has 1 aliphatic heterocycles. The van der Waals surface area contributed by atoms with Crippen LogP contribution in [0.5, 0.6) is 0 Å². The molecule has 0 radical (unpaired) electrons. The Morgan fingerprint density at radius 2 is 2.47 bits per heavy atom. The maximum Gasteiger partial charge on any atom is 0.237 e. The molecule has 1 atom stereocenters. The smallest absolute Gasteiger partial charge is 0.237 e. The molecule has 3 N–H and O–H groups in total. The number of nitrogens with one attached hydrogen (secondary N) is 1. The van der Waals surface area contributed by atoms with Crippen molar-refractivity contribution in [2.45, 2.75) is 26.1 Å². The first-order valence-electron chi connectivity index (χ1n) is 5.86. The molecule has 17 heavy (non-hydrogen) atoms. The van der Waals surface area contributed by atoms with Gasteiger partial charge in [-0.05, 0) is 24.6 Å². The molecule has 92 valence electrons. The number of hydrogen-bond acceptors (Lipinski definition) is 4. The van der Waals surface area contributed by atoms with Gasteiger partial charge in [-0.3, -0.25) is 14.7 Å². The van der Waals surface area contributed by atoms with Gasteiger partial charge in [-0.25, -0.2) is 0 Å². The highest BCUT2D eigenvalue weighted by molar-refractivity contribution is 5.81. The van der Waals surface area contributed by atoms with Gasteiger partial charge in [0, 0.05) is 32.4 Å². The van der Waals surface area contributed by atoms with Crippen molar-refractivity contribution < 1.29 is 4.79 Å². The minimum atomic E-state index is -0.0711. The summed E-state index contributed by atoms with van der Waals surface area (Å²) in [6.07, 6.45) is 1.77. The van der Waals surface area contributed by atoms with Crippen LogP contribution in [-0.4, -0.2) is 34.9 Å². The normalized spacial score (nSPS) is 21.3. The fraction of sp³-hybridized carbons (Fsp3) is 0.500. The molecular formula is C12H18N4O. The second kappa shape index (κ2) is 5.25. The van der Waals surface area contributed by atoms with Gasteiger partial charge >= 0.3 is 0 Å². The van der Waals surface area contributed by atoms with Crippen LogP contribution < -0.4 is 11.1 Å². The molecular weight excluding hydrogens is 216 g/mol. The van der Waals surface area contributed by atoms with E-state index < -0.39 is 0 Å². The summed E-state index contributed by atoms with van der Waals surface area (Å²) in [4.78, 5) is 17.9. The van der Waals surface area contributed by atoms with Crippen LogP contribution in [0.15, 0.2) is 18.3 Å². The largest absolute Gasteiger partial charge is 0.353 e. The van der Waals surface area contributed by atoms with E-state index in [9.17, 15) is 4.79 Å². The molecule has 1 aromatic rings. The molecule has 5 nitrogen and oxygen atoms in total. The number of rotatable bonds is 3. The van der Waals surface area contributed by atoms with Crippen molar-refractivity contribution in [1.82, 2.24) is 15.2 Å². The average Bonchev–Trinajstić information content (AvgIpc) is 2.35. The topological polar surface area (TPSA) is 71.2 Å². The highest BCUT2D eigenvalue weighted by atomic mass is 16.2. The Morgan fingerprint density at radius 1 is 1.65 bits per heavy atom. The summed E-state index contributed by atoms with van der Waals surface area (Å²) in [6.45, 7) is 4.75. The van der Waals surface area contributed by atoms with Gasteiger partial charge in [0.2, 0.25) is 5.91 Å². The SMILES string of the molecule is CC1C(=O)NCCN1Cc1ccnc(CN)c1. The third-order valence-electron chi connectivity index (χ3n) is 3.10. The minimum absolute atomic E-state index is 0.0711. The highest BCUT2D eigenvalue weighted by Crippen LogP contribution is 2.11. The first kappa shape index (κ1) is 12.0. The first-order valence-corrected chi connectivity index (χ1v) is 5.86. The van der Waals surface area contributed by atoms with E-state index >= 15 is 0 Å². The second-order valence-corrected chi connectivity index (χ2v) is 4.30. The molecule has 1 aliphatic rings. The van der Waals surface area contributed by atoms with Crippen LogP contribution in [0, 0.1) is 0 Å². The Balaban J connectivity index is 2.06. The van der Waals surface area contributed by atoms with Crippen LogP contribution in [0.1, 0.15) is 18.2 Å². The van der Waals surface area contributed by atoms with Gasteiger partial charge in [-0.15, -0.1) is 0 Å². The van der Waals surface area contributed by atoms with Crippen molar-refractivity contribution in [3.63, 3.8) is 0 Å². The lowest BCUT2D eigenvalue weighted by molar-refractivity contribution is -0.128. The van der Waals surface area contributed by atoms with E-state index in [0.29, 0.717) is 6.54 Å². The van der Waals surface area contributed by atoms with Crippen LogP contribution in [0.2, 0.25) is 0 Å². The molecule has 1 aromatic heterocycles. The van der Waals surface area contributed by atoms with Crippen molar-refractivity contribution in [2.24, 2.45) is 5.73 Å². The summed E-state index contributed by atoms with van der Waals surface area (Å²) in [5, 5.41) is 2.86. The Labute approximate surface area is 101 Å². The predicted molar refractivity (Wildman–Crippen MR) is 65.0 cm³/mol. The van der Waals surface area contributed by atoms with E-state index in [-0.39, 0.29) is 11.9 Å². The number of nitrogens with two attached hydrogens (primary N) is 1. The summed E-state index contributed by atoms with van der Waals surface area (Å²) in [5.41, 5.74) is 7.60. The fourth-order valence-corrected chi connectivity index (χ4v) is 2.02. The second-order valence-electron chi connectivity index (χ2n) is 4.30. The Kier molecular flexibility index (Phi) is 3.71. The van der Waals surface area contributed by atoms with Gasteiger partial charge in [0.25, 0.3) is 0 Å². The lowest BCUT2D eigenvalue weighted by Gasteiger charge is -2.32. The molecule has 0 bridgehead atoms. The molecule has 0 aromatic carbocycles. The Bertz CT molecular complexity index is 407. The summed E-state index contributed by atoms with van der Waals surface area (Å²) in [7, 11) is 0. The van der Waals surface area contributed by atoms with Gasteiger partial charge < -0.3 is 11.1 Å². The molecule has 1 saturated heterocycles. The van der Waals surface area contributed by atoms with E-state index in [0.717, 1.165) is 30.9 Å². The summed E-state index contributed by atoms with van der Waals surface area (Å²) < 4.78 is 0. The van der Waals surface area contributed by atoms with Gasteiger partial charge in [0.05, 0.1) is 11.7 Å². The van der Waals surface area contributed by atoms with E-state index in [4.69, 9.17) is 5.73 Å². The minimum Gasteiger partial charge on any atom is -0.353 e. The third kappa shape index (κ3) is 2.81. The van der Waals surface area contributed by atoms with E-state index in [1.165, 1.54) is 0 Å². The molecule has 1 fully saturated rings. The van der Waals surface area contributed by atoms with Crippen LogP contribution in [0.25, 0.3) is 0 Å². The van der Waals surface area contributed by atoms with Crippen LogP contribution in [0.3, 0.4) is 0 Å². The highest BCUT2D eigenvalue weighted by Gasteiger charge is 2.25. The molecule has 2 rings (SSSR count). The average molecular weight is 234 g/mol. The zero-order chi connectivity index (χ0) is 12.3. The van der Waals surface area contributed by atoms with Crippen molar-refractivity contribution >= 4 is 5.91 Å². The number of amides is 1. The Morgan fingerprint density at radius 3 is 3.24 bits per heavy atom.